The fourth-order valence-electron chi connectivity index (χ4n) is 1.58. The Morgan fingerprint density at radius 1 is 1.44 bits per heavy atom. The first-order valence-electron chi connectivity index (χ1n) is 4.91. The summed E-state index contributed by atoms with van der Waals surface area (Å²) in [6, 6.07) is 7.30. The number of carbonyl (C=O) groups is 2. The van der Waals surface area contributed by atoms with E-state index in [1.54, 1.807) is 13.2 Å². The van der Waals surface area contributed by atoms with Crippen molar-refractivity contribution in [3.63, 3.8) is 0 Å². The average Bonchev–Trinajstić information content (AvgIpc) is 2.61. The second-order valence-corrected chi connectivity index (χ2v) is 3.50. The van der Waals surface area contributed by atoms with Crippen LogP contribution in [0.4, 0.5) is 5.69 Å². The van der Waals surface area contributed by atoms with E-state index in [9.17, 15) is 9.59 Å². The molecule has 0 aliphatic carbocycles. The second-order valence-electron chi connectivity index (χ2n) is 3.50. The number of hydrogen-bond donors (Lipinski definition) is 1. The van der Waals surface area contributed by atoms with Crippen LogP contribution in [0.5, 0.6) is 0 Å². The third-order valence-corrected chi connectivity index (χ3v) is 2.32. The molecule has 1 aromatic carbocycles. The first kappa shape index (κ1) is 10.8. The molecule has 1 saturated heterocycles. The van der Waals surface area contributed by atoms with Crippen molar-refractivity contribution in [2.24, 2.45) is 0 Å². The molecular weight excluding hydrogens is 208 g/mol. The summed E-state index contributed by atoms with van der Waals surface area (Å²) in [5, 5.41) is 1.27. The molecule has 1 heterocycles. The highest BCUT2D eigenvalue weighted by Gasteiger charge is 2.30. The van der Waals surface area contributed by atoms with E-state index in [0.717, 1.165) is 5.56 Å². The van der Waals surface area contributed by atoms with Crippen LogP contribution in [0.15, 0.2) is 24.3 Å². The van der Waals surface area contributed by atoms with Crippen molar-refractivity contribution in [2.75, 3.05) is 18.7 Å². The molecule has 1 aliphatic heterocycles. The van der Waals surface area contributed by atoms with Crippen LogP contribution in [0.25, 0.3) is 0 Å². The van der Waals surface area contributed by atoms with Gasteiger partial charge in [-0.05, 0) is 17.7 Å². The molecule has 1 aromatic rings. The first-order valence-corrected chi connectivity index (χ1v) is 4.91. The molecule has 1 amide bonds. The van der Waals surface area contributed by atoms with Gasteiger partial charge in [-0.15, -0.1) is 0 Å². The van der Waals surface area contributed by atoms with Gasteiger partial charge in [0, 0.05) is 7.11 Å². The van der Waals surface area contributed by atoms with Crippen molar-refractivity contribution in [1.29, 1.82) is 0 Å². The normalized spacial score (nSPS) is 15.9. The highest BCUT2D eigenvalue weighted by atomic mass is 16.5. The van der Waals surface area contributed by atoms with Gasteiger partial charge in [0.05, 0.1) is 18.8 Å². The number of methoxy groups -OCH3 is 1. The van der Waals surface area contributed by atoms with Crippen LogP contribution in [0.3, 0.4) is 0 Å². The third-order valence-electron chi connectivity index (χ3n) is 2.32. The molecule has 16 heavy (non-hydrogen) atoms. The standard InChI is InChI=1S/C11H12N2O3/c1-16-7-8-3-2-4-9(5-8)13-11(15)10(14)6-12-13/h2-5,12H,6-7H2,1H3. The molecule has 5 heteroatoms. The minimum absolute atomic E-state index is 0.0628. The number of benzene rings is 1. The number of nitrogens with zero attached hydrogens (tertiary/aromatic N) is 1. The van der Waals surface area contributed by atoms with Crippen LogP contribution in [0.1, 0.15) is 5.56 Å². The van der Waals surface area contributed by atoms with Gasteiger partial charge in [-0.25, -0.2) is 10.4 Å². The number of nitrogens with one attached hydrogen (secondary N) is 1. The Labute approximate surface area is 93.0 Å². The molecule has 0 unspecified atom stereocenters. The zero-order valence-corrected chi connectivity index (χ0v) is 8.90. The topological polar surface area (TPSA) is 58.6 Å². The molecular formula is C11H12N2O3. The summed E-state index contributed by atoms with van der Waals surface area (Å²) in [6.07, 6.45) is 0. The molecule has 5 nitrogen and oxygen atoms in total. The molecule has 1 N–H and O–H groups in total. The molecule has 0 spiro atoms. The zero-order valence-electron chi connectivity index (χ0n) is 8.90. The predicted octanol–water partition coefficient (Wildman–Crippen LogP) is 0.253. The lowest BCUT2D eigenvalue weighted by molar-refractivity contribution is -0.133. The van der Waals surface area contributed by atoms with Gasteiger partial charge in [-0.3, -0.25) is 9.59 Å². The van der Waals surface area contributed by atoms with Crippen LogP contribution in [-0.4, -0.2) is 25.3 Å². The number of Topliss-reactive ketones (excluding diaryl/α,β-unsaturated/α-hetero) is 1. The Morgan fingerprint density at radius 2 is 2.25 bits per heavy atom. The summed E-state index contributed by atoms with van der Waals surface area (Å²) < 4.78 is 5.00. The number of anilines is 1. The number of amides is 1. The lowest BCUT2D eigenvalue weighted by Gasteiger charge is -2.15. The Kier molecular flexibility index (Phi) is 2.98. The fourth-order valence-corrected chi connectivity index (χ4v) is 1.58. The average molecular weight is 220 g/mol. The number of hydrogen-bond acceptors (Lipinski definition) is 4. The summed E-state index contributed by atoms with van der Waals surface area (Å²) >= 11 is 0. The van der Waals surface area contributed by atoms with E-state index in [0.29, 0.717) is 12.3 Å². The van der Waals surface area contributed by atoms with Crippen molar-refractivity contribution in [2.45, 2.75) is 6.61 Å². The van der Waals surface area contributed by atoms with Crippen molar-refractivity contribution >= 4 is 17.4 Å². The Balaban J connectivity index is 2.23. The minimum atomic E-state index is -0.519. The van der Waals surface area contributed by atoms with Gasteiger partial charge < -0.3 is 4.74 Å². The van der Waals surface area contributed by atoms with Gasteiger partial charge >= 0.3 is 5.91 Å². The third kappa shape index (κ3) is 1.95. The molecule has 0 aromatic heterocycles. The van der Waals surface area contributed by atoms with Gasteiger partial charge in [0.2, 0.25) is 5.78 Å². The highest BCUT2D eigenvalue weighted by molar-refractivity contribution is 6.43. The number of carbonyl (C=O) groups excluding carboxylic acids is 2. The Morgan fingerprint density at radius 3 is 2.88 bits per heavy atom. The Hall–Kier alpha value is -1.72. The van der Waals surface area contributed by atoms with Crippen molar-refractivity contribution in [3.05, 3.63) is 29.8 Å². The lowest BCUT2D eigenvalue weighted by Crippen LogP contribution is -2.34. The maximum atomic E-state index is 11.5. The van der Waals surface area contributed by atoms with E-state index in [1.165, 1.54) is 5.01 Å². The molecule has 1 aliphatic rings. The maximum Gasteiger partial charge on any atom is 0.310 e. The van der Waals surface area contributed by atoms with Crippen molar-refractivity contribution in [3.8, 4) is 0 Å². The lowest BCUT2D eigenvalue weighted by atomic mass is 10.2. The number of rotatable bonds is 3. The fraction of sp³-hybridized carbons (Fsp3) is 0.273. The SMILES string of the molecule is COCc1cccc(N2NCC(=O)C2=O)c1. The monoisotopic (exact) mass is 220 g/mol. The van der Waals surface area contributed by atoms with E-state index in [1.807, 2.05) is 18.2 Å². The predicted molar refractivity (Wildman–Crippen MR) is 57.7 cm³/mol. The largest absolute Gasteiger partial charge is 0.380 e. The number of hydrazine groups is 1. The second kappa shape index (κ2) is 4.42. The smallest absolute Gasteiger partial charge is 0.310 e. The van der Waals surface area contributed by atoms with Gasteiger partial charge in [0.25, 0.3) is 0 Å². The zero-order chi connectivity index (χ0) is 11.5. The molecule has 2 rings (SSSR count). The van der Waals surface area contributed by atoms with Crippen molar-refractivity contribution < 1.29 is 14.3 Å². The van der Waals surface area contributed by atoms with E-state index < -0.39 is 11.7 Å². The molecule has 1 fully saturated rings. The van der Waals surface area contributed by atoms with Gasteiger partial charge in [-0.1, -0.05) is 12.1 Å². The van der Waals surface area contributed by atoms with E-state index >= 15 is 0 Å². The number of ketones is 1. The summed E-state index contributed by atoms with van der Waals surface area (Å²) in [6.45, 7) is 0.539. The quantitative estimate of drug-likeness (QED) is 0.742. The molecule has 0 atom stereocenters. The summed E-state index contributed by atoms with van der Waals surface area (Å²) in [5.41, 5.74) is 4.35. The van der Waals surface area contributed by atoms with Crippen LogP contribution >= 0.6 is 0 Å². The van der Waals surface area contributed by atoms with Crippen LogP contribution in [-0.2, 0) is 20.9 Å². The van der Waals surface area contributed by atoms with Gasteiger partial charge in [-0.2, -0.15) is 0 Å². The van der Waals surface area contributed by atoms with Gasteiger partial charge in [0.15, 0.2) is 0 Å². The highest BCUT2D eigenvalue weighted by Crippen LogP contribution is 2.17. The maximum absolute atomic E-state index is 11.5. The van der Waals surface area contributed by atoms with Crippen molar-refractivity contribution in [1.82, 2.24) is 5.43 Å². The molecule has 0 saturated carbocycles. The summed E-state index contributed by atoms with van der Waals surface area (Å²) in [5.74, 6) is -0.938. The van der Waals surface area contributed by atoms with Crippen LogP contribution in [0, 0.1) is 0 Å². The van der Waals surface area contributed by atoms with Gasteiger partial charge in [0.1, 0.15) is 0 Å². The summed E-state index contributed by atoms with van der Waals surface area (Å²) in [4.78, 5) is 22.5. The van der Waals surface area contributed by atoms with E-state index in [-0.39, 0.29) is 6.54 Å². The van der Waals surface area contributed by atoms with Crippen LogP contribution in [0.2, 0.25) is 0 Å². The van der Waals surface area contributed by atoms with E-state index in [2.05, 4.69) is 5.43 Å². The van der Waals surface area contributed by atoms with E-state index in [4.69, 9.17) is 4.74 Å². The molecule has 84 valence electrons. The first-order chi connectivity index (χ1) is 7.72. The minimum Gasteiger partial charge on any atom is -0.380 e. The van der Waals surface area contributed by atoms with Crippen LogP contribution < -0.4 is 10.4 Å². The molecule has 0 bridgehead atoms. The summed E-state index contributed by atoms with van der Waals surface area (Å²) in [7, 11) is 1.61. The molecule has 0 radical (unpaired) electrons. The Bertz CT molecular complexity index is 431. The number of ether oxygens (including phenoxy) is 1.